The zero-order chi connectivity index (χ0) is 15.2. The molecule has 3 nitrogen and oxygen atoms in total. The zero-order valence-corrected chi connectivity index (χ0v) is 13.0. The first-order valence-electron chi connectivity index (χ1n) is 7.81. The first kappa shape index (κ1) is 16.0. The van der Waals surface area contributed by atoms with E-state index in [2.05, 4.69) is 11.8 Å². The van der Waals surface area contributed by atoms with Gasteiger partial charge in [-0.2, -0.15) is 0 Å². The van der Waals surface area contributed by atoms with Gasteiger partial charge in [-0.15, -0.1) is 0 Å². The molecule has 1 heterocycles. The highest BCUT2D eigenvalue weighted by Crippen LogP contribution is 2.19. The fourth-order valence-electron chi connectivity index (χ4n) is 2.76. The van der Waals surface area contributed by atoms with Crippen molar-refractivity contribution in [2.24, 2.45) is 0 Å². The van der Waals surface area contributed by atoms with Gasteiger partial charge in [0.25, 0.3) is 0 Å². The standard InChI is InChI=1S/C17H25FN2O/c1-14(15-6-8-16(18)9-7-15)19(2)13-10-17(21)20-11-4-3-5-12-20/h6-9,14H,3-5,10-13H2,1-2H3. The molecule has 4 heteroatoms. The normalized spacial score (nSPS) is 17.0. The molecule has 1 atom stereocenters. The van der Waals surface area contributed by atoms with Crippen molar-refractivity contribution in [2.75, 3.05) is 26.7 Å². The Morgan fingerprint density at radius 1 is 1.24 bits per heavy atom. The SMILES string of the molecule is CC(c1ccc(F)cc1)N(C)CCC(=O)N1CCCCC1. The van der Waals surface area contributed by atoms with Crippen LogP contribution in [0.25, 0.3) is 0 Å². The Labute approximate surface area is 126 Å². The van der Waals surface area contributed by atoms with Gasteiger partial charge in [-0.05, 0) is 50.9 Å². The second-order valence-electron chi connectivity index (χ2n) is 5.90. The second kappa shape index (κ2) is 7.55. The number of hydrogen-bond acceptors (Lipinski definition) is 2. The third kappa shape index (κ3) is 4.53. The van der Waals surface area contributed by atoms with Crippen molar-refractivity contribution in [1.29, 1.82) is 0 Å². The van der Waals surface area contributed by atoms with Crippen LogP contribution in [0.15, 0.2) is 24.3 Å². The average Bonchev–Trinajstić information content (AvgIpc) is 2.53. The van der Waals surface area contributed by atoms with Crippen LogP contribution >= 0.6 is 0 Å². The van der Waals surface area contributed by atoms with Crippen LogP contribution in [0.5, 0.6) is 0 Å². The molecule has 0 saturated carbocycles. The largest absolute Gasteiger partial charge is 0.343 e. The van der Waals surface area contributed by atoms with Gasteiger partial charge in [0.05, 0.1) is 0 Å². The van der Waals surface area contributed by atoms with Crippen molar-refractivity contribution in [3.8, 4) is 0 Å². The number of nitrogens with zero attached hydrogens (tertiary/aromatic N) is 2. The fraction of sp³-hybridized carbons (Fsp3) is 0.588. The van der Waals surface area contributed by atoms with Crippen LogP contribution in [-0.2, 0) is 4.79 Å². The lowest BCUT2D eigenvalue weighted by atomic mass is 10.1. The number of carbonyl (C=O) groups excluding carboxylic acids is 1. The molecule has 0 N–H and O–H groups in total. The molecule has 0 aliphatic carbocycles. The van der Waals surface area contributed by atoms with Crippen LogP contribution in [0.1, 0.15) is 44.2 Å². The summed E-state index contributed by atoms with van der Waals surface area (Å²) in [4.78, 5) is 16.3. The number of halogens is 1. The van der Waals surface area contributed by atoms with Crippen molar-refractivity contribution in [1.82, 2.24) is 9.80 Å². The quantitative estimate of drug-likeness (QED) is 0.832. The van der Waals surface area contributed by atoms with Gasteiger partial charge in [0.1, 0.15) is 5.82 Å². The zero-order valence-electron chi connectivity index (χ0n) is 13.0. The molecule has 2 rings (SSSR count). The minimum absolute atomic E-state index is 0.180. The second-order valence-corrected chi connectivity index (χ2v) is 5.90. The lowest BCUT2D eigenvalue weighted by Crippen LogP contribution is -2.37. The maximum Gasteiger partial charge on any atom is 0.223 e. The van der Waals surface area contributed by atoms with Crippen LogP contribution in [0.2, 0.25) is 0 Å². The Balaban J connectivity index is 1.81. The summed E-state index contributed by atoms with van der Waals surface area (Å²) < 4.78 is 12.9. The molecule has 0 spiro atoms. The molecule has 0 radical (unpaired) electrons. The minimum atomic E-state index is -0.214. The van der Waals surface area contributed by atoms with Crippen LogP contribution in [0.3, 0.4) is 0 Å². The number of piperidine rings is 1. The van der Waals surface area contributed by atoms with E-state index in [0.717, 1.165) is 38.0 Å². The molecule has 1 aromatic carbocycles. The molecule has 21 heavy (non-hydrogen) atoms. The van der Waals surface area contributed by atoms with Gasteiger partial charge < -0.3 is 4.90 Å². The number of benzene rings is 1. The smallest absolute Gasteiger partial charge is 0.223 e. The summed E-state index contributed by atoms with van der Waals surface area (Å²) >= 11 is 0. The van der Waals surface area contributed by atoms with E-state index in [4.69, 9.17) is 0 Å². The molecule has 1 saturated heterocycles. The molecule has 1 amide bonds. The third-order valence-corrected chi connectivity index (χ3v) is 4.40. The van der Waals surface area contributed by atoms with E-state index in [1.54, 1.807) is 0 Å². The predicted molar refractivity (Wildman–Crippen MR) is 82.5 cm³/mol. The Bertz CT molecular complexity index is 454. The number of hydrogen-bond donors (Lipinski definition) is 0. The van der Waals surface area contributed by atoms with Gasteiger partial charge in [-0.25, -0.2) is 4.39 Å². The Hall–Kier alpha value is -1.42. The van der Waals surface area contributed by atoms with Gasteiger partial charge in [-0.1, -0.05) is 12.1 Å². The number of amides is 1. The third-order valence-electron chi connectivity index (χ3n) is 4.40. The maximum atomic E-state index is 12.9. The molecule has 0 bridgehead atoms. The highest BCUT2D eigenvalue weighted by atomic mass is 19.1. The average molecular weight is 292 g/mol. The highest BCUT2D eigenvalue weighted by Gasteiger charge is 2.18. The number of rotatable bonds is 5. The molecule has 1 aliphatic rings. The molecule has 0 aromatic heterocycles. The first-order chi connectivity index (χ1) is 10.1. The van der Waals surface area contributed by atoms with Crippen molar-refractivity contribution in [3.63, 3.8) is 0 Å². The van der Waals surface area contributed by atoms with Crippen molar-refractivity contribution < 1.29 is 9.18 Å². The number of likely N-dealkylation sites (tertiary alicyclic amines) is 1. The van der Waals surface area contributed by atoms with Crippen molar-refractivity contribution >= 4 is 5.91 Å². The van der Waals surface area contributed by atoms with Gasteiger partial charge in [-0.3, -0.25) is 9.69 Å². The lowest BCUT2D eigenvalue weighted by Gasteiger charge is -2.29. The maximum absolute atomic E-state index is 12.9. The Kier molecular flexibility index (Phi) is 5.74. The van der Waals surface area contributed by atoms with E-state index in [1.165, 1.54) is 18.6 Å². The summed E-state index contributed by atoms with van der Waals surface area (Å²) in [5, 5.41) is 0. The lowest BCUT2D eigenvalue weighted by molar-refractivity contribution is -0.132. The van der Waals surface area contributed by atoms with Crippen molar-refractivity contribution in [2.45, 2.75) is 38.6 Å². The summed E-state index contributed by atoms with van der Waals surface area (Å²) in [6, 6.07) is 6.77. The summed E-state index contributed by atoms with van der Waals surface area (Å²) in [6.07, 6.45) is 4.06. The summed E-state index contributed by atoms with van der Waals surface area (Å²) in [6.45, 7) is 4.64. The minimum Gasteiger partial charge on any atom is -0.343 e. The molecule has 1 aliphatic heterocycles. The molecular formula is C17H25FN2O. The topological polar surface area (TPSA) is 23.6 Å². The molecular weight excluding hydrogens is 267 g/mol. The first-order valence-corrected chi connectivity index (χ1v) is 7.81. The summed E-state index contributed by atoms with van der Waals surface area (Å²) in [5.74, 6) is 0.0433. The molecule has 116 valence electrons. The summed E-state index contributed by atoms with van der Waals surface area (Å²) in [5.41, 5.74) is 1.07. The summed E-state index contributed by atoms with van der Waals surface area (Å²) in [7, 11) is 2.01. The van der Waals surface area contributed by atoms with E-state index in [-0.39, 0.29) is 17.8 Å². The molecule has 1 aromatic rings. The van der Waals surface area contributed by atoms with Gasteiger partial charge >= 0.3 is 0 Å². The van der Waals surface area contributed by atoms with E-state index in [1.807, 2.05) is 24.1 Å². The van der Waals surface area contributed by atoms with Gasteiger partial charge in [0.2, 0.25) is 5.91 Å². The van der Waals surface area contributed by atoms with Crippen LogP contribution in [-0.4, -0.2) is 42.4 Å². The highest BCUT2D eigenvalue weighted by molar-refractivity contribution is 5.76. The Morgan fingerprint density at radius 3 is 2.48 bits per heavy atom. The van der Waals surface area contributed by atoms with E-state index >= 15 is 0 Å². The van der Waals surface area contributed by atoms with E-state index < -0.39 is 0 Å². The van der Waals surface area contributed by atoms with E-state index in [0.29, 0.717) is 6.42 Å². The molecule has 1 fully saturated rings. The molecule has 1 unspecified atom stereocenters. The van der Waals surface area contributed by atoms with Crippen LogP contribution in [0.4, 0.5) is 4.39 Å². The van der Waals surface area contributed by atoms with Crippen LogP contribution in [0, 0.1) is 5.82 Å². The van der Waals surface area contributed by atoms with E-state index in [9.17, 15) is 9.18 Å². The van der Waals surface area contributed by atoms with Gasteiger partial charge in [0.15, 0.2) is 0 Å². The van der Waals surface area contributed by atoms with Gasteiger partial charge in [0, 0.05) is 32.1 Å². The Morgan fingerprint density at radius 2 is 1.86 bits per heavy atom. The fourth-order valence-corrected chi connectivity index (χ4v) is 2.76. The predicted octanol–water partition coefficient (Wildman–Crippen LogP) is 3.22. The number of carbonyl (C=O) groups is 1. The van der Waals surface area contributed by atoms with Crippen LogP contribution < -0.4 is 0 Å². The van der Waals surface area contributed by atoms with Crippen molar-refractivity contribution in [3.05, 3.63) is 35.6 Å². The monoisotopic (exact) mass is 292 g/mol.